The van der Waals surface area contributed by atoms with Crippen molar-refractivity contribution in [2.24, 2.45) is 0 Å². The number of carbonyl (C=O) groups is 1. The first kappa shape index (κ1) is 12.7. The monoisotopic (exact) mass is 224 g/mol. The average Bonchev–Trinajstić information content (AvgIpc) is 2.66. The minimum absolute atomic E-state index is 0.0260. The first-order chi connectivity index (χ1) is 7.65. The van der Waals surface area contributed by atoms with Crippen LogP contribution < -0.4 is 10.6 Å². The van der Waals surface area contributed by atoms with Gasteiger partial charge in [0.25, 0.3) is 0 Å². The predicted octanol–water partition coefficient (Wildman–Crippen LogP) is 0.690. The number of likely N-dealkylation sites (N-methyl/N-ethyl adjacent to an activating group) is 1. The highest BCUT2D eigenvalue weighted by atomic mass is 16.1. The van der Waals surface area contributed by atoms with Gasteiger partial charge in [0.1, 0.15) is 0 Å². The number of hydrogen-bond donors (Lipinski definition) is 2. The molecule has 0 spiro atoms. The van der Waals surface area contributed by atoms with Crippen molar-refractivity contribution in [2.75, 3.05) is 13.1 Å². The lowest BCUT2D eigenvalue weighted by molar-refractivity contribution is -0.120. The van der Waals surface area contributed by atoms with Gasteiger partial charge >= 0.3 is 0 Å². The van der Waals surface area contributed by atoms with Crippen molar-refractivity contribution in [1.82, 2.24) is 20.2 Å². The number of nitrogens with one attached hydrogen (secondary N) is 2. The molecular formula is C11H20N4O. The minimum atomic E-state index is 0.0260. The zero-order chi connectivity index (χ0) is 12.0. The van der Waals surface area contributed by atoms with Crippen LogP contribution in [-0.2, 0) is 11.3 Å². The van der Waals surface area contributed by atoms with E-state index >= 15 is 0 Å². The zero-order valence-corrected chi connectivity index (χ0v) is 10.2. The molecule has 0 fully saturated rings. The highest BCUT2D eigenvalue weighted by Crippen LogP contribution is 2.07. The summed E-state index contributed by atoms with van der Waals surface area (Å²) >= 11 is 0. The molecule has 0 aliphatic rings. The van der Waals surface area contributed by atoms with Gasteiger partial charge in [-0.25, -0.2) is 4.98 Å². The molecule has 0 atom stereocenters. The summed E-state index contributed by atoms with van der Waals surface area (Å²) in [5.74, 6) is 0.0260. The van der Waals surface area contributed by atoms with Crippen molar-refractivity contribution >= 4 is 5.91 Å². The number of nitrogens with zero attached hydrogens (tertiary/aromatic N) is 2. The van der Waals surface area contributed by atoms with Crippen LogP contribution >= 0.6 is 0 Å². The molecule has 5 nitrogen and oxygen atoms in total. The Morgan fingerprint density at radius 3 is 2.94 bits per heavy atom. The molecule has 16 heavy (non-hydrogen) atoms. The third kappa shape index (κ3) is 3.66. The van der Waals surface area contributed by atoms with Gasteiger partial charge in [-0.1, -0.05) is 0 Å². The standard InChI is InChI=1S/C11H20N4O/c1-4-14-11(16)7-12-5-10-6-13-8-15(10)9(2)3/h6,8-9,12H,4-5,7H2,1-3H3,(H,14,16). The fourth-order valence-electron chi connectivity index (χ4n) is 1.50. The largest absolute Gasteiger partial charge is 0.355 e. The van der Waals surface area contributed by atoms with E-state index in [1.54, 1.807) is 0 Å². The van der Waals surface area contributed by atoms with Crippen LogP contribution in [-0.4, -0.2) is 28.5 Å². The normalized spacial score (nSPS) is 10.8. The third-order valence-corrected chi connectivity index (χ3v) is 2.27. The van der Waals surface area contributed by atoms with E-state index in [0.717, 1.165) is 5.69 Å². The first-order valence-electron chi connectivity index (χ1n) is 5.63. The molecular weight excluding hydrogens is 204 g/mol. The van der Waals surface area contributed by atoms with E-state index in [1.807, 2.05) is 19.4 Å². The lowest BCUT2D eigenvalue weighted by Gasteiger charge is -2.12. The molecule has 1 aromatic rings. The van der Waals surface area contributed by atoms with E-state index in [0.29, 0.717) is 25.7 Å². The van der Waals surface area contributed by atoms with Crippen molar-refractivity contribution in [2.45, 2.75) is 33.4 Å². The summed E-state index contributed by atoms with van der Waals surface area (Å²) in [6.07, 6.45) is 3.64. The van der Waals surface area contributed by atoms with Gasteiger partial charge in [0.2, 0.25) is 5.91 Å². The Morgan fingerprint density at radius 1 is 1.56 bits per heavy atom. The molecule has 90 valence electrons. The second-order valence-electron chi connectivity index (χ2n) is 3.94. The third-order valence-electron chi connectivity index (χ3n) is 2.27. The number of imidazole rings is 1. The summed E-state index contributed by atoms with van der Waals surface area (Å²) in [5, 5.41) is 5.83. The summed E-state index contributed by atoms with van der Waals surface area (Å²) in [7, 11) is 0. The molecule has 1 rings (SSSR count). The van der Waals surface area contributed by atoms with E-state index in [1.165, 1.54) is 0 Å². The summed E-state index contributed by atoms with van der Waals surface area (Å²) < 4.78 is 2.09. The number of carbonyl (C=O) groups excluding carboxylic acids is 1. The zero-order valence-electron chi connectivity index (χ0n) is 10.2. The van der Waals surface area contributed by atoms with Crippen molar-refractivity contribution < 1.29 is 4.79 Å². The molecule has 2 N–H and O–H groups in total. The molecule has 5 heteroatoms. The molecule has 0 unspecified atom stereocenters. The van der Waals surface area contributed by atoms with Gasteiger partial charge in [0.05, 0.1) is 18.6 Å². The highest BCUT2D eigenvalue weighted by molar-refractivity contribution is 5.77. The highest BCUT2D eigenvalue weighted by Gasteiger charge is 2.05. The van der Waals surface area contributed by atoms with Crippen LogP contribution in [0.4, 0.5) is 0 Å². The van der Waals surface area contributed by atoms with E-state index in [2.05, 4.69) is 34.0 Å². The number of hydrogen-bond acceptors (Lipinski definition) is 3. The van der Waals surface area contributed by atoms with Crippen LogP contribution in [0.5, 0.6) is 0 Å². The van der Waals surface area contributed by atoms with Crippen molar-refractivity contribution in [3.8, 4) is 0 Å². The molecule has 0 saturated carbocycles. The molecule has 1 aromatic heterocycles. The quantitative estimate of drug-likeness (QED) is 0.747. The topological polar surface area (TPSA) is 59.0 Å². The maximum atomic E-state index is 11.2. The van der Waals surface area contributed by atoms with Gasteiger partial charge in [0.15, 0.2) is 0 Å². The van der Waals surface area contributed by atoms with Crippen molar-refractivity contribution in [3.63, 3.8) is 0 Å². The Morgan fingerprint density at radius 2 is 2.31 bits per heavy atom. The smallest absolute Gasteiger partial charge is 0.233 e. The second kappa shape index (κ2) is 6.27. The van der Waals surface area contributed by atoms with Crippen LogP contribution in [0.2, 0.25) is 0 Å². The molecule has 0 aliphatic carbocycles. The Hall–Kier alpha value is -1.36. The molecule has 0 saturated heterocycles. The number of aromatic nitrogens is 2. The van der Waals surface area contributed by atoms with Crippen LogP contribution in [0.3, 0.4) is 0 Å². The number of amides is 1. The summed E-state index contributed by atoms with van der Waals surface area (Å²) in [5.41, 5.74) is 1.10. The maximum Gasteiger partial charge on any atom is 0.233 e. The average molecular weight is 224 g/mol. The van der Waals surface area contributed by atoms with Gasteiger partial charge in [-0.3, -0.25) is 4.79 Å². The summed E-state index contributed by atoms with van der Waals surface area (Å²) in [6, 6.07) is 0.392. The molecule has 1 heterocycles. The Bertz CT molecular complexity index is 332. The lowest BCUT2D eigenvalue weighted by atomic mass is 10.3. The van der Waals surface area contributed by atoms with E-state index < -0.39 is 0 Å². The Labute approximate surface area is 96.3 Å². The van der Waals surface area contributed by atoms with Crippen LogP contribution in [0.15, 0.2) is 12.5 Å². The van der Waals surface area contributed by atoms with Crippen molar-refractivity contribution in [3.05, 3.63) is 18.2 Å². The lowest BCUT2D eigenvalue weighted by Crippen LogP contribution is -2.33. The molecule has 0 aromatic carbocycles. The number of rotatable bonds is 6. The van der Waals surface area contributed by atoms with Crippen LogP contribution in [0, 0.1) is 0 Å². The van der Waals surface area contributed by atoms with E-state index in [9.17, 15) is 4.79 Å². The molecule has 0 radical (unpaired) electrons. The SMILES string of the molecule is CCNC(=O)CNCc1cncn1C(C)C. The summed E-state index contributed by atoms with van der Waals surface area (Å²) in [6.45, 7) is 7.80. The minimum Gasteiger partial charge on any atom is -0.355 e. The predicted molar refractivity (Wildman–Crippen MR) is 63.0 cm³/mol. The van der Waals surface area contributed by atoms with Gasteiger partial charge in [-0.15, -0.1) is 0 Å². The van der Waals surface area contributed by atoms with Gasteiger partial charge in [-0.2, -0.15) is 0 Å². The Balaban J connectivity index is 2.37. The molecule has 0 bridgehead atoms. The fraction of sp³-hybridized carbons (Fsp3) is 0.636. The second-order valence-corrected chi connectivity index (χ2v) is 3.94. The summed E-state index contributed by atoms with van der Waals surface area (Å²) in [4.78, 5) is 15.3. The van der Waals surface area contributed by atoms with Gasteiger partial charge in [-0.05, 0) is 20.8 Å². The molecule has 1 amide bonds. The van der Waals surface area contributed by atoms with Crippen molar-refractivity contribution in [1.29, 1.82) is 0 Å². The van der Waals surface area contributed by atoms with Gasteiger partial charge in [0, 0.05) is 25.3 Å². The van der Waals surface area contributed by atoms with Gasteiger partial charge < -0.3 is 15.2 Å². The van der Waals surface area contributed by atoms with E-state index in [-0.39, 0.29) is 5.91 Å². The molecule has 0 aliphatic heterocycles. The van der Waals surface area contributed by atoms with E-state index in [4.69, 9.17) is 0 Å². The fourth-order valence-corrected chi connectivity index (χ4v) is 1.50. The first-order valence-corrected chi connectivity index (χ1v) is 5.63. The van der Waals surface area contributed by atoms with Crippen LogP contribution in [0.25, 0.3) is 0 Å². The Kier molecular flexibility index (Phi) is 4.98. The van der Waals surface area contributed by atoms with Crippen LogP contribution in [0.1, 0.15) is 32.5 Å². The maximum absolute atomic E-state index is 11.2.